The highest BCUT2D eigenvalue weighted by Gasteiger charge is 2.19. The second-order valence-electron chi connectivity index (χ2n) is 4.41. The predicted molar refractivity (Wildman–Crippen MR) is 74.2 cm³/mol. The van der Waals surface area contributed by atoms with Crippen LogP contribution in [0, 0.1) is 10.1 Å². The first-order valence-electron chi connectivity index (χ1n) is 6.18. The molecule has 0 radical (unpaired) electrons. The van der Waals surface area contributed by atoms with E-state index in [0.717, 1.165) is 0 Å². The minimum absolute atomic E-state index is 0.159. The molecule has 0 aliphatic heterocycles. The molecule has 1 amide bonds. The van der Waals surface area contributed by atoms with Gasteiger partial charge in [-0.2, -0.15) is 5.10 Å². The molecule has 0 saturated heterocycles. The van der Waals surface area contributed by atoms with Crippen molar-refractivity contribution in [2.75, 3.05) is 7.05 Å². The van der Waals surface area contributed by atoms with E-state index in [0.29, 0.717) is 5.56 Å². The van der Waals surface area contributed by atoms with Crippen LogP contribution in [-0.4, -0.2) is 32.8 Å². The van der Waals surface area contributed by atoms with Gasteiger partial charge in [0.2, 0.25) is 0 Å². The smallest absolute Gasteiger partial charge is 0.295 e. The molecule has 1 aromatic heterocycles. The number of amides is 1. The van der Waals surface area contributed by atoms with Crippen LogP contribution < -0.4 is 5.32 Å². The molecule has 0 bridgehead atoms. The maximum atomic E-state index is 11.5. The monoisotopic (exact) mass is 290 g/mol. The average molecular weight is 290 g/mol. The fraction of sp³-hybridized carbons (Fsp3) is 0.231. The first kappa shape index (κ1) is 14.7. The Morgan fingerprint density at radius 3 is 2.76 bits per heavy atom. The Labute approximate surface area is 120 Å². The van der Waals surface area contributed by atoms with Crippen LogP contribution in [0.4, 0.5) is 5.69 Å². The van der Waals surface area contributed by atoms with Gasteiger partial charge in [0.15, 0.2) is 5.69 Å². The van der Waals surface area contributed by atoms with E-state index >= 15 is 0 Å². The highest BCUT2D eigenvalue weighted by molar-refractivity contribution is 5.91. The van der Waals surface area contributed by atoms with Gasteiger partial charge in [-0.25, -0.2) is 4.68 Å². The van der Waals surface area contributed by atoms with Crippen molar-refractivity contribution in [3.05, 3.63) is 51.8 Å². The molecule has 21 heavy (non-hydrogen) atoms. The number of carbonyl (C=O) groups is 1. The summed E-state index contributed by atoms with van der Waals surface area (Å²) in [7, 11) is 1.47. The SMILES string of the molecule is CNC(=O)c1ccn(-c2ccc([C@H](C)O)cc2[N+](=O)[O-])n1. The number of benzene rings is 1. The Bertz CT molecular complexity index is 693. The number of nitro benzene ring substituents is 1. The molecule has 1 atom stereocenters. The predicted octanol–water partition coefficient (Wildman–Crippen LogP) is 1.19. The molecule has 0 aliphatic carbocycles. The molecular formula is C13H14N4O4. The third kappa shape index (κ3) is 2.90. The molecule has 8 nitrogen and oxygen atoms in total. The highest BCUT2D eigenvalue weighted by atomic mass is 16.6. The van der Waals surface area contributed by atoms with Gasteiger partial charge in [-0.1, -0.05) is 6.07 Å². The van der Waals surface area contributed by atoms with Gasteiger partial charge >= 0.3 is 0 Å². The van der Waals surface area contributed by atoms with E-state index in [1.54, 1.807) is 6.07 Å². The first-order valence-corrected chi connectivity index (χ1v) is 6.18. The lowest BCUT2D eigenvalue weighted by molar-refractivity contribution is -0.384. The molecular weight excluding hydrogens is 276 g/mol. The summed E-state index contributed by atoms with van der Waals surface area (Å²) >= 11 is 0. The average Bonchev–Trinajstić information content (AvgIpc) is 2.95. The van der Waals surface area contributed by atoms with E-state index in [4.69, 9.17) is 0 Å². The van der Waals surface area contributed by atoms with Crippen molar-refractivity contribution in [3.63, 3.8) is 0 Å². The number of carbonyl (C=O) groups excluding carboxylic acids is 1. The lowest BCUT2D eigenvalue weighted by Gasteiger charge is -2.07. The highest BCUT2D eigenvalue weighted by Crippen LogP contribution is 2.26. The molecule has 2 rings (SSSR count). The van der Waals surface area contributed by atoms with Crippen molar-refractivity contribution < 1.29 is 14.8 Å². The molecule has 8 heteroatoms. The van der Waals surface area contributed by atoms with Gasteiger partial charge in [-0.15, -0.1) is 0 Å². The number of nitrogens with one attached hydrogen (secondary N) is 1. The zero-order valence-corrected chi connectivity index (χ0v) is 11.5. The lowest BCUT2D eigenvalue weighted by atomic mass is 10.1. The van der Waals surface area contributed by atoms with Gasteiger partial charge in [0, 0.05) is 19.3 Å². The van der Waals surface area contributed by atoms with E-state index in [1.807, 2.05) is 0 Å². The fourth-order valence-corrected chi connectivity index (χ4v) is 1.85. The van der Waals surface area contributed by atoms with Gasteiger partial charge in [-0.3, -0.25) is 14.9 Å². The number of aromatic nitrogens is 2. The Hall–Kier alpha value is -2.74. The van der Waals surface area contributed by atoms with Gasteiger partial charge in [0.1, 0.15) is 5.69 Å². The van der Waals surface area contributed by atoms with E-state index in [2.05, 4.69) is 10.4 Å². The van der Waals surface area contributed by atoms with Crippen LogP contribution in [0.3, 0.4) is 0 Å². The largest absolute Gasteiger partial charge is 0.389 e. The van der Waals surface area contributed by atoms with E-state index in [-0.39, 0.29) is 23.0 Å². The molecule has 0 saturated carbocycles. The number of aliphatic hydroxyl groups is 1. The third-order valence-corrected chi connectivity index (χ3v) is 2.97. The molecule has 1 aromatic carbocycles. The van der Waals surface area contributed by atoms with Gasteiger partial charge in [-0.05, 0) is 24.6 Å². The van der Waals surface area contributed by atoms with Crippen molar-refractivity contribution in [3.8, 4) is 5.69 Å². The summed E-state index contributed by atoms with van der Waals surface area (Å²) in [6.07, 6.45) is 0.659. The van der Waals surface area contributed by atoms with Crippen molar-refractivity contribution in [1.82, 2.24) is 15.1 Å². The number of aliphatic hydroxyl groups excluding tert-OH is 1. The number of hydrogen-bond donors (Lipinski definition) is 2. The van der Waals surface area contributed by atoms with E-state index in [1.165, 1.54) is 43.0 Å². The van der Waals surface area contributed by atoms with Crippen LogP contribution in [0.15, 0.2) is 30.5 Å². The molecule has 0 fully saturated rings. The summed E-state index contributed by atoms with van der Waals surface area (Å²) in [6, 6.07) is 5.82. The maximum Gasteiger partial charge on any atom is 0.295 e. The molecule has 2 N–H and O–H groups in total. The van der Waals surface area contributed by atoms with Gasteiger partial charge in [0.05, 0.1) is 11.0 Å². The molecule has 2 aromatic rings. The second-order valence-corrected chi connectivity index (χ2v) is 4.41. The Kier molecular flexibility index (Phi) is 3.99. The Balaban J connectivity index is 2.50. The van der Waals surface area contributed by atoms with Crippen LogP contribution in [0.2, 0.25) is 0 Å². The lowest BCUT2D eigenvalue weighted by Crippen LogP contribution is -2.18. The van der Waals surface area contributed by atoms with Crippen LogP contribution in [0.1, 0.15) is 29.1 Å². The molecule has 0 unspecified atom stereocenters. The number of hydrogen-bond acceptors (Lipinski definition) is 5. The number of nitrogens with zero attached hydrogens (tertiary/aromatic N) is 3. The zero-order valence-electron chi connectivity index (χ0n) is 11.5. The number of rotatable bonds is 4. The van der Waals surface area contributed by atoms with Crippen LogP contribution in [0.5, 0.6) is 0 Å². The molecule has 0 spiro atoms. The van der Waals surface area contributed by atoms with Crippen LogP contribution in [0.25, 0.3) is 5.69 Å². The molecule has 0 aliphatic rings. The summed E-state index contributed by atoms with van der Waals surface area (Å²) in [6.45, 7) is 1.52. The van der Waals surface area contributed by atoms with Crippen molar-refractivity contribution in [2.45, 2.75) is 13.0 Å². The van der Waals surface area contributed by atoms with Crippen molar-refractivity contribution in [2.24, 2.45) is 0 Å². The topological polar surface area (TPSA) is 110 Å². The van der Waals surface area contributed by atoms with E-state index < -0.39 is 11.0 Å². The molecule has 110 valence electrons. The van der Waals surface area contributed by atoms with Crippen LogP contribution >= 0.6 is 0 Å². The minimum atomic E-state index is -0.809. The third-order valence-electron chi connectivity index (χ3n) is 2.97. The Morgan fingerprint density at radius 1 is 1.48 bits per heavy atom. The summed E-state index contributed by atoms with van der Waals surface area (Å²) in [5, 5.41) is 27.1. The summed E-state index contributed by atoms with van der Waals surface area (Å²) in [5.74, 6) is -0.378. The Morgan fingerprint density at radius 2 is 2.19 bits per heavy atom. The summed E-state index contributed by atoms with van der Waals surface area (Å²) < 4.78 is 1.26. The summed E-state index contributed by atoms with van der Waals surface area (Å²) in [5.41, 5.74) is 0.620. The van der Waals surface area contributed by atoms with Crippen molar-refractivity contribution in [1.29, 1.82) is 0 Å². The minimum Gasteiger partial charge on any atom is -0.389 e. The number of nitro groups is 1. The van der Waals surface area contributed by atoms with E-state index in [9.17, 15) is 20.0 Å². The summed E-state index contributed by atoms with van der Waals surface area (Å²) in [4.78, 5) is 22.1. The van der Waals surface area contributed by atoms with Crippen LogP contribution in [-0.2, 0) is 0 Å². The fourth-order valence-electron chi connectivity index (χ4n) is 1.85. The maximum absolute atomic E-state index is 11.5. The second kappa shape index (κ2) is 5.71. The normalized spacial score (nSPS) is 12.0. The first-order chi connectivity index (χ1) is 9.93. The quantitative estimate of drug-likeness (QED) is 0.649. The van der Waals surface area contributed by atoms with Gasteiger partial charge < -0.3 is 10.4 Å². The zero-order chi connectivity index (χ0) is 15.6. The van der Waals surface area contributed by atoms with Gasteiger partial charge in [0.25, 0.3) is 11.6 Å². The molecule has 1 heterocycles. The standard InChI is InChI=1S/C13H14N4O4/c1-8(18)9-3-4-11(12(7-9)17(20)21)16-6-5-10(15-16)13(19)14-2/h3-8,18H,1-2H3,(H,14,19)/t8-/m0/s1. The van der Waals surface area contributed by atoms with Crippen molar-refractivity contribution >= 4 is 11.6 Å².